The Morgan fingerprint density at radius 2 is 1.03 bits per heavy atom. The van der Waals surface area contributed by atoms with E-state index in [9.17, 15) is 20.1 Å². The van der Waals surface area contributed by atoms with E-state index in [-0.39, 0.29) is 0 Å². The molecule has 2 atom stereocenters. The van der Waals surface area contributed by atoms with Crippen LogP contribution in [0.2, 0.25) is 0 Å². The van der Waals surface area contributed by atoms with E-state index >= 15 is 0 Å². The van der Waals surface area contributed by atoms with Crippen molar-refractivity contribution < 1.29 is 20.1 Å². The van der Waals surface area contributed by atoms with Crippen molar-refractivity contribution in [1.29, 1.82) is 0 Å². The molecule has 0 saturated carbocycles. The monoisotopic (exact) mass is 418 g/mol. The number of carbonyl (C=O) groups excluding carboxylic acids is 1. The molecule has 7 rings (SSSR count). The molecule has 32 heavy (non-hydrogen) atoms. The Hall–Kier alpha value is -3.57. The molecular formula is C28H18O4. The van der Waals surface area contributed by atoms with Crippen LogP contribution >= 0.6 is 0 Å². The summed E-state index contributed by atoms with van der Waals surface area (Å²) in [5.41, 5.74) is 0.359. The summed E-state index contributed by atoms with van der Waals surface area (Å²) in [6.07, 6.45) is -3.21. The third-order valence-corrected chi connectivity index (χ3v) is 7.09. The van der Waals surface area contributed by atoms with Gasteiger partial charge in [0.05, 0.1) is 6.61 Å². The highest BCUT2D eigenvalue weighted by molar-refractivity contribution is 6.45. The highest BCUT2D eigenvalue weighted by atomic mass is 16.4. The van der Waals surface area contributed by atoms with E-state index < -0.39 is 24.6 Å². The molecule has 7 aromatic rings. The molecule has 7 aromatic carbocycles. The lowest BCUT2D eigenvalue weighted by Gasteiger charge is -2.22. The Morgan fingerprint density at radius 1 is 0.625 bits per heavy atom. The van der Waals surface area contributed by atoms with E-state index in [0.29, 0.717) is 5.56 Å². The van der Waals surface area contributed by atoms with Gasteiger partial charge in [-0.05, 0) is 70.7 Å². The molecule has 4 nitrogen and oxygen atoms in total. The molecule has 0 saturated heterocycles. The maximum atomic E-state index is 13.2. The number of hydrogen-bond acceptors (Lipinski definition) is 4. The predicted octanol–water partition coefficient (Wildman–Crippen LogP) is 4.82. The first-order valence-electron chi connectivity index (χ1n) is 10.7. The maximum absolute atomic E-state index is 13.2. The van der Waals surface area contributed by atoms with Crippen LogP contribution in [0.1, 0.15) is 10.4 Å². The Balaban J connectivity index is 1.76. The minimum atomic E-state index is -1.69. The molecule has 3 N–H and O–H groups in total. The minimum Gasteiger partial charge on any atom is -0.394 e. The second-order valence-electron chi connectivity index (χ2n) is 8.72. The van der Waals surface area contributed by atoms with Crippen LogP contribution in [0.25, 0.3) is 64.6 Å². The smallest absolute Gasteiger partial charge is 0.194 e. The third-order valence-electron chi connectivity index (χ3n) is 7.09. The highest BCUT2D eigenvalue weighted by Gasteiger charge is 2.28. The lowest BCUT2D eigenvalue weighted by molar-refractivity contribution is -0.00481. The first-order chi connectivity index (χ1) is 15.6. The van der Waals surface area contributed by atoms with Gasteiger partial charge in [-0.2, -0.15) is 0 Å². The molecule has 0 spiro atoms. The number of aliphatic hydroxyl groups is 3. The van der Waals surface area contributed by atoms with Crippen molar-refractivity contribution in [2.24, 2.45) is 0 Å². The Bertz CT molecular complexity index is 1760. The van der Waals surface area contributed by atoms with Gasteiger partial charge >= 0.3 is 0 Å². The molecular weight excluding hydrogens is 400 g/mol. The van der Waals surface area contributed by atoms with Gasteiger partial charge in [-0.25, -0.2) is 0 Å². The largest absolute Gasteiger partial charge is 0.394 e. The molecule has 0 fully saturated rings. The van der Waals surface area contributed by atoms with Gasteiger partial charge in [0.1, 0.15) is 12.2 Å². The van der Waals surface area contributed by atoms with E-state index in [0.717, 1.165) is 43.1 Å². The first-order valence-corrected chi connectivity index (χ1v) is 10.7. The summed E-state index contributed by atoms with van der Waals surface area (Å²) in [6, 6.07) is 22.7. The topological polar surface area (TPSA) is 77.8 Å². The first kappa shape index (κ1) is 18.0. The summed E-state index contributed by atoms with van der Waals surface area (Å²) in [7, 11) is 0. The Morgan fingerprint density at radius 3 is 1.53 bits per heavy atom. The van der Waals surface area contributed by atoms with Gasteiger partial charge in [0.15, 0.2) is 5.78 Å². The molecule has 0 aliphatic carbocycles. The molecule has 0 bridgehead atoms. The normalized spacial score (nSPS) is 14.7. The third kappa shape index (κ3) is 2.04. The van der Waals surface area contributed by atoms with Crippen molar-refractivity contribution in [3.63, 3.8) is 0 Å². The van der Waals surface area contributed by atoms with Crippen LogP contribution in [0.15, 0.2) is 66.7 Å². The fourth-order valence-corrected chi connectivity index (χ4v) is 5.63. The van der Waals surface area contributed by atoms with Crippen molar-refractivity contribution in [3.05, 3.63) is 72.3 Å². The number of benzene rings is 7. The summed E-state index contributed by atoms with van der Waals surface area (Å²) in [5.74, 6) is -0.586. The van der Waals surface area contributed by atoms with Crippen molar-refractivity contribution in [3.8, 4) is 0 Å². The molecule has 0 radical (unpaired) electrons. The summed E-state index contributed by atoms with van der Waals surface area (Å²) in [5, 5.41) is 42.7. The van der Waals surface area contributed by atoms with Crippen LogP contribution in [0.4, 0.5) is 0 Å². The second-order valence-corrected chi connectivity index (χ2v) is 8.72. The van der Waals surface area contributed by atoms with Crippen molar-refractivity contribution >= 4 is 70.4 Å². The predicted molar refractivity (Wildman–Crippen MR) is 128 cm³/mol. The average Bonchev–Trinajstić information content (AvgIpc) is 2.85. The van der Waals surface area contributed by atoms with Gasteiger partial charge in [-0.15, -0.1) is 0 Å². The van der Waals surface area contributed by atoms with Crippen LogP contribution in [0, 0.1) is 0 Å². The zero-order valence-corrected chi connectivity index (χ0v) is 17.0. The molecule has 154 valence electrons. The van der Waals surface area contributed by atoms with Crippen LogP contribution in [0.3, 0.4) is 0 Å². The van der Waals surface area contributed by atoms with Crippen LogP contribution < -0.4 is 0 Å². The number of ketones is 1. The van der Waals surface area contributed by atoms with Crippen LogP contribution in [0.5, 0.6) is 0 Å². The molecule has 0 aromatic heterocycles. The summed E-state index contributed by atoms with van der Waals surface area (Å²) < 4.78 is 0. The fraction of sp³-hybridized carbons (Fsp3) is 0.107. The molecule has 0 heterocycles. The summed E-state index contributed by atoms with van der Waals surface area (Å²) in [6.45, 7) is -0.683. The zero-order chi connectivity index (χ0) is 21.7. The van der Waals surface area contributed by atoms with E-state index in [2.05, 4.69) is 42.5 Å². The number of aliphatic hydroxyl groups excluding tert-OH is 3. The van der Waals surface area contributed by atoms with Crippen molar-refractivity contribution in [2.45, 2.75) is 12.2 Å². The number of carbonyl (C=O) groups is 1. The number of hydrogen-bond donors (Lipinski definition) is 3. The lowest BCUT2D eigenvalue weighted by Crippen LogP contribution is -2.36. The molecule has 0 aliphatic rings. The summed E-state index contributed by atoms with van der Waals surface area (Å²) in [4.78, 5) is 13.2. The van der Waals surface area contributed by atoms with Crippen molar-refractivity contribution in [1.82, 2.24) is 0 Å². The van der Waals surface area contributed by atoms with Gasteiger partial charge in [-0.1, -0.05) is 60.7 Å². The molecule has 0 amide bonds. The van der Waals surface area contributed by atoms with Crippen LogP contribution in [-0.4, -0.2) is 39.9 Å². The van der Waals surface area contributed by atoms with Crippen LogP contribution in [-0.2, 0) is 0 Å². The van der Waals surface area contributed by atoms with Gasteiger partial charge < -0.3 is 15.3 Å². The average molecular weight is 418 g/mol. The van der Waals surface area contributed by atoms with Gasteiger partial charge in [0.2, 0.25) is 0 Å². The molecule has 4 heteroatoms. The Labute approximate surface area is 181 Å². The number of Topliss-reactive ketones (excluding diaryl/α,β-unsaturated/α-hetero) is 1. The van der Waals surface area contributed by atoms with Gasteiger partial charge in [-0.3, -0.25) is 4.79 Å². The van der Waals surface area contributed by atoms with E-state index in [1.54, 1.807) is 0 Å². The minimum absolute atomic E-state index is 0.359. The van der Waals surface area contributed by atoms with Crippen molar-refractivity contribution in [2.75, 3.05) is 6.61 Å². The van der Waals surface area contributed by atoms with Gasteiger partial charge in [0.25, 0.3) is 0 Å². The number of rotatable bonds is 4. The van der Waals surface area contributed by atoms with E-state index in [1.165, 1.54) is 21.5 Å². The maximum Gasteiger partial charge on any atom is 0.194 e. The SMILES string of the molecule is O=C(c1cc2ccc3ccc4ccc5ccc6ccc1c1c6c5c4c3c21)C(O)C(O)CO. The zero-order valence-electron chi connectivity index (χ0n) is 17.0. The highest BCUT2D eigenvalue weighted by Crippen LogP contribution is 2.48. The molecule has 2 unspecified atom stereocenters. The molecule has 0 aliphatic heterocycles. The lowest BCUT2D eigenvalue weighted by atomic mass is 9.81. The summed E-state index contributed by atoms with van der Waals surface area (Å²) >= 11 is 0. The van der Waals surface area contributed by atoms with E-state index in [1.807, 2.05) is 24.3 Å². The van der Waals surface area contributed by atoms with E-state index in [4.69, 9.17) is 0 Å². The Kier molecular flexibility index (Phi) is 3.39. The quantitative estimate of drug-likeness (QED) is 0.218. The fourth-order valence-electron chi connectivity index (χ4n) is 5.63. The van der Waals surface area contributed by atoms with Gasteiger partial charge in [0, 0.05) is 5.56 Å². The standard InChI is InChI=1S/C28H18O4/c29-12-20(30)28(32)27(31)19-11-17-8-7-15-4-2-13-1-3-14-5-6-16-9-10-18(19)26-24(16)22(14)21(13)23(15)25(17)26/h1-11,20,28-30,32H,12H2. The second kappa shape index (κ2) is 6.02.